The van der Waals surface area contributed by atoms with Crippen LogP contribution in [0.25, 0.3) is 17.3 Å². The number of allylic oxidation sites excluding steroid dienone is 3. The lowest BCUT2D eigenvalue weighted by molar-refractivity contribution is 0.122. The van der Waals surface area contributed by atoms with Gasteiger partial charge in [0.2, 0.25) is 11.9 Å². The Morgan fingerprint density at radius 1 is 1.07 bits per heavy atom. The van der Waals surface area contributed by atoms with E-state index in [4.69, 9.17) is 15.5 Å². The molecular formula is C22H24N6O. The Kier molecular flexibility index (Phi) is 4.73. The summed E-state index contributed by atoms with van der Waals surface area (Å²) in [6, 6.07) is 8.57. The second kappa shape index (κ2) is 7.67. The minimum Gasteiger partial charge on any atom is -0.378 e. The van der Waals surface area contributed by atoms with Crippen LogP contribution in [0.2, 0.25) is 0 Å². The average molecular weight is 388 g/mol. The molecule has 1 saturated heterocycles. The predicted molar refractivity (Wildman–Crippen MR) is 115 cm³/mol. The highest BCUT2D eigenvalue weighted by atomic mass is 16.5. The van der Waals surface area contributed by atoms with Crippen molar-refractivity contribution in [3.8, 4) is 0 Å². The quantitative estimate of drug-likeness (QED) is 0.727. The van der Waals surface area contributed by atoms with Gasteiger partial charge in [0.05, 0.1) is 19.4 Å². The van der Waals surface area contributed by atoms with Gasteiger partial charge in [0, 0.05) is 18.7 Å². The Balaban J connectivity index is 1.64. The highest BCUT2D eigenvalue weighted by Crippen LogP contribution is 2.28. The molecule has 1 aromatic carbocycles. The SMILES string of the molecule is Nc1nc(N2CCOCC2)nc2c(C3=Cc4ccccc4CCCC=C3)cnn12. The number of benzene rings is 1. The summed E-state index contributed by atoms with van der Waals surface area (Å²) in [4.78, 5) is 11.4. The predicted octanol–water partition coefficient (Wildman–Crippen LogP) is 2.98. The van der Waals surface area contributed by atoms with Crippen molar-refractivity contribution >= 4 is 29.2 Å². The first-order valence-electron chi connectivity index (χ1n) is 10.1. The maximum absolute atomic E-state index is 6.22. The molecule has 0 atom stereocenters. The normalized spacial score (nSPS) is 17.4. The Labute approximate surface area is 169 Å². The van der Waals surface area contributed by atoms with E-state index in [2.05, 4.69) is 57.5 Å². The van der Waals surface area contributed by atoms with E-state index in [1.807, 2.05) is 6.20 Å². The third-order valence-electron chi connectivity index (χ3n) is 5.47. The van der Waals surface area contributed by atoms with E-state index >= 15 is 0 Å². The zero-order valence-corrected chi connectivity index (χ0v) is 16.3. The molecular weight excluding hydrogens is 364 g/mol. The number of aryl methyl sites for hydroxylation is 1. The number of morpholine rings is 1. The average Bonchev–Trinajstić information content (AvgIpc) is 3.22. The van der Waals surface area contributed by atoms with E-state index in [1.54, 1.807) is 4.52 Å². The zero-order valence-electron chi connectivity index (χ0n) is 16.3. The molecule has 7 nitrogen and oxygen atoms in total. The topological polar surface area (TPSA) is 81.6 Å². The lowest BCUT2D eigenvalue weighted by atomic mass is 10.00. The van der Waals surface area contributed by atoms with Gasteiger partial charge in [-0.05, 0) is 42.0 Å². The van der Waals surface area contributed by atoms with Crippen molar-refractivity contribution < 1.29 is 4.74 Å². The third-order valence-corrected chi connectivity index (χ3v) is 5.47. The molecule has 1 aliphatic heterocycles. The van der Waals surface area contributed by atoms with Crippen LogP contribution in [0.1, 0.15) is 29.5 Å². The van der Waals surface area contributed by atoms with E-state index in [9.17, 15) is 0 Å². The molecule has 1 aliphatic carbocycles. The van der Waals surface area contributed by atoms with Crippen molar-refractivity contribution in [2.75, 3.05) is 36.9 Å². The molecule has 0 spiro atoms. The first-order chi connectivity index (χ1) is 14.3. The summed E-state index contributed by atoms with van der Waals surface area (Å²) >= 11 is 0. The Morgan fingerprint density at radius 2 is 1.93 bits per heavy atom. The molecule has 0 unspecified atom stereocenters. The molecule has 29 heavy (non-hydrogen) atoms. The van der Waals surface area contributed by atoms with Crippen molar-refractivity contribution in [1.29, 1.82) is 0 Å². The summed E-state index contributed by atoms with van der Waals surface area (Å²) in [5.41, 5.74) is 11.6. The van der Waals surface area contributed by atoms with Gasteiger partial charge in [-0.25, -0.2) is 0 Å². The molecule has 3 aromatic rings. The van der Waals surface area contributed by atoms with Gasteiger partial charge in [0.25, 0.3) is 0 Å². The first kappa shape index (κ1) is 17.9. The monoisotopic (exact) mass is 388 g/mol. The van der Waals surface area contributed by atoms with Gasteiger partial charge in [-0.1, -0.05) is 36.4 Å². The smallest absolute Gasteiger partial charge is 0.230 e. The summed E-state index contributed by atoms with van der Waals surface area (Å²) in [7, 11) is 0. The molecule has 1 fully saturated rings. The Morgan fingerprint density at radius 3 is 2.83 bits per heavy atom. The summed E-state index contributed by atoms with van der Waals surface area (Å²) in [6.45, 7) is 2.86. The molecule has 0 bridgehead atoms. The van der Waals surface area contributed by atoms with E-state index in [1.165, 1.54) is 11.1 Å². The lowest BCUT2D eigenvalue weighted by Crippen LogP contribution is -2.37. The second-order valence-electron chi connectivity index (χ2n) is 7.37. The van der Waals surface area contributed by atoms with Crippen molar-refractivity contribution in [3.05, 3.63) is 59.3 Å². The summed E-state index contributed by atoms with van der Waals surface area (Å²) in [5.74, 6) is 0.976. The standard InChI is InChI=1S/C22H24N6O/c23-21-26-22(27-10-12-29-13-11-27)25-20-19(15-24-28(20)21)18-9-3-1-2-6-16-7-4-5-8-17(16)14-18/h3-5,7-9,14-15H,1-2,6,10-13H2,(H2,23,25,26). The Bertz CT molecular complexity index is 1090. The number of ether oxygens (including phenoxy) is 1. The molecule has 2 aromatic heterocycles. The maximum atomic E-state index is 6.22. The van der Waals surface area contributed by atoms with Gasteiger partial charge in [0.1, 0.15) is 0 Å². The van der Waals surface area contributed by atoms with Crippen LogP contribution in [0.5, 0.6) is 0 Å². The first-order valence-corrected chi connectivity index (χ1v) is 10.1. The largest absolute Gasteiger partial charge is 0.378 e. The van der Waals surface area contributed by atoms with Gasteiger partial charge in [-0.2, -0.15) is 19.6 Å². The number of rotatable bonds is 2. The Hall–Kier alpha value is -3.19. The van der Waals surface area contributed by atoms with Crippen molar-refractivity contribution in [3.63, 3.8) is 0 Å². The number of nitrogen functional groups attached to an aromatic ring is 1. The highest BCUT2D eigenvalue weighted by Gasteiger charge is 2.19. The molecule has 5 rings (SSSR count). The fourth-order valence-electron chi connectivity index (χ4n) is 3.90. The molecule has 7 heteroatoms. The number of hydrogen-bond acceptors (Lipinski definition) is 6. The number of aromatic nitrogens is 4. The van der Waals surface area contributed by atoms with Crippen LogP contribution in [0.15, 0.2) is 42.6 Å². The summed E-state index contributed by atoms with van der Waals surface area (Å²) in [5, 5.41) is 4.46. The maximum Gasteiger partial charge on any atom is 0.230 e. The molecule has 2 aliphatic rings. The summed E-state index contributed by atoms with van der Waals surface area (Å²) < 4.78 is 7.07. The van der Waals surface area contributed by atoms with E-state index in [-0.39, 0.29) is 0 Å². The van der Waals surface area contributed by atoms with Crippen molar-refractivity contribution in [2.45, 2.75) is 19.3 Å². The van der Waals surface area contributed by atoms with E-state index in [0.29, 0.717) is 25.1 Å². The second-order valence-corrected chi connectivity index (χ2v) is 7.37. The van der Waals surface area contributed by atoms with Gasteiger partial charge in [0.15, 0.2) is 5.65 Å². The minimum absolute atomic E-state index is 0.343. The van der Waals surface area contributed by atoms with Crippen LogP contribution in [0.3, 0.4) is 0 Å². The van der Waals surface area contributed by atoms with Crippen LogP contribution in [-0.2, 0) is 11.2 Å². The van der Waals surface area contributed by atoms with Crippen molar-refractivity contribution in [1.82, 2.24) is 19.6 Å². The fourth-order valence-corrected chi connectivity index (χ4v) is 3.90. The number of anilines is 2. The van der Waals surface area contributed by atoms with Gasteiger partial charge in [-0.3, -0.25) is 0 Å². The third kappa shape index (κ3) is 3.49. The number of nitrogens with zero attached hydrogens (tertiary/aromatic N) is 5. The molecule has 2 N–H and O–H groups in total. The molecule has 0 saturated carbocycles. The lowest BCUT2D eigenvalue weighted by Gasteiger charge is -2.26. The molecule has 0 amide bonds. The van der Waals surface area contributed by atoms with Gasteiger partial charge in [-0.15, -0.1) is 0 Å². The number of hydrogen-bond donors (Lipinski definition) is 1. The van der Waals surface area contributed by atoms with Gasteiger partial charge < -0.3 is 15.4 Å². The minimum atomic E-state index is 0.343. The number of fused-ring (bicyclic) bond motifs is 2. The van der Waals surface area contributed by atoms with E-state index < -0.39 is 0 Å². The summed E-state index contributed by atoms with van der Waals surface area (Å²) in [6.07, 6.45) is 11.7. The van der Waals surface area contributed by atoms with E-state index in [0.717, 1.165) is 49.1 Å². The highest BCUT2D eigenvalue weighted by molar-refractivity contribution is 5.92. The fraction of sp³-hybridized carbons (Fsp3) is 0.318. The zero-order chi connectivity index (χ0) is 19.6. The van der Waals surface area contributed by atoms with Crippen LogP contribution < -0.4 is 10.6 Å². The van der Waals surface area contributed by atoms with Crippen LogP contribution >= 0.6 is 0 Å². The molecule has 0 radical (unpaired) electrons. The van der Waals surface area contributed by atoms with Crippen LogP contribution in [0, 0.1) is 0 Å². The van der Waals surface area contributed by atoms with Crippen LogP contribution in [0.4, 0.5) is 11.9 Å². The number of nitrogens with two attached hydrogens (primary N) is 1. The molecule has 148 valence electrons. The van der Waals surface area contributed by atoms with Gasteiger partial charge >= 0.3 is 0 Å². The van der Waals surface area contributed by atoms with Crippen molar-refractivity contribution in [2.24, 2.45) is 0 Å². The molecule has 3 heterocycles. The van der Waals surface area contributed by atoms with Crippen LogP contribution in [-0.4, -0.2) is 45.9 Å².